The topological polar surface area (TPSA) is 122 Å². The Bertz CT molecular complexity index is 514. The van der Waals surface area contributed by atoms with Crippen LogP contribution in [0, 0.1) is 5.41 Å². The number of likely N-dealkylation sites (N-methyl/N-ethyl adjacent to an activating group) is 1. The lowest BCUT2D eigenvalue weighted by Gasteiger charge is -2.33. The Labute approximate surface area is 179 Å². The van der Waals surface area contributed by atoms with E-state index in [1.165, 1.54) is 0 Å². The van der Waals surface area contributed by atoms with Crippen LogP contribution < -0.4 is 0 Å². The lowest BCUT2D eigenvalue weighted by atomic mass is 9.92. The number of carbonyl (C=O) groups is 2. The molecule has 1 saturated heterocycles. The summed E-state index contributed by atoms with van der Waals surface area (Å²) >= 11 is 0. The number of carboxylic acids is 2. The third-order valence-electron chi connectivity index (χ3n) is 4.96. The zero-order valence-electron chi connectivity index (χ0n) is 18.8. The van der Waals surface area contributed by atoms with E-state index in [0.717, 1.165) is 39.1 Å². The van der Waals surface area contributed by atoms with Crippen molar-refractivity contribution in [2.45, 2.75) is 27.2 Å². The summed E-state index contributed by atoms with van der Waals surface area (Å²) < 4.78 is 0. The second-order valence-electron chi connectivity index (χ2n) is 8.88. The number of carbonyl (C=O) groups excluding carboxylic acids is 2. The van der Waals surface area contributed by atoms with E-state index < -0.39 is 11.9 Å². The molecular weight excluding hydrogens is 392 g/mol. The van der Waals surface area contributed by atoms with Crippen LogP contribution in [0.3, 0.4) is 0 Å². The minimum absolute atomic E-state index is 0.0616. The number of hydrogen-bond donors (Lipinski definition) is 2. The SMILES string of the molecule is CN1CCN(CC(=O)O)CCN(CCC(C)(C)C)CCN(CC(=O)O)CC1.O=C=O. The zero-order valence-corrected chi connectivity index (χ0v) is 18.8. The lowest BCUT2D eigenvalue weighted by Crippen LogP contribution is -2.47. The largest absolute Gasteiger partial charge is 0.480 e. The molecule has 0 radical (unpaired) electrons. The third kappa shape index (κ3) is 16.0. The molecule has 0 unspecified atom stereocenters. The highest BCUT2D eigenvalue weighted by molar-refractivity contribution is 5.69. The highest BCUT2D eigenvalue weighted by Crippen LogP contribution is 2.18. The van der Waals surface area contributed by atoms with Crippen LogP contribution in [0.2, 0.25) is 0 Å². The van der Waals surface area contributed by atoms with Gasteiger partial charge in [0, 0.05) is 52.4 Å². The Balaban J connectivity index is 0.00000263. The van der Waals surface area contributed by atoms with Gasteiger partial charge in [0.2, 0.25) is 0 Å². The van der Waals surface area contributed by atoms with E-state index in [0.29, 0.717) is 26.2 Å². The highest BCUT2D eigenvalue weighted by atomic mass is 16.4. The summed E-state index contributed by atoms with van der Waals surface area (Å²) in [7, 11) is 2.00. The molecule has 1 fully saturated rings. The monoisotopic (exact) mass is 430 g/mol. The van der Waals surface area contributed by atoms with Crippen LogP contribution in [-0.2, 0) is 19.2 Å². The number of hydrogen-bond acceptors (Lipinski definition) is 8. The van der Waals surface area contributed by atoms with E-state index in [4.69, 9.17) is 9.59 Å². The van der Waals surface area contributed by atoms with E-state index in [-0.39, 0.29) is 24.7 Å². The molecule has 10 nitrogen and oxygen atoms in total. The zero-order chi connectivity index (χ0) is 23.2. The van der Waals surface area contributed by atoms with Crippen molar-refractivity contribution in [2.24, 2.45) is 5.41 Å². The highest BCUT2D eigenvalue weighted by Gasteiger charge is 2.19. The Morgan fingerprint density at radius 2 is 1.10 bits per heavy atom. The molecule has 30 heavy (non-hydrogen) atoms. The second kappa shape index (κ2) is 15.0. The summed E-state index contributed by atoms with van der Waals surface area (Å²) in [5.74, 6) is -1.59. The molecular formula is C20H38N4O6. The van der Waals surface area contributed by atoms with E-state index >= 15 is 0 Å². The van der Waals surface area contributed by atoms with Crippen molar-refractivity contribution in [2.75, 3.05) is 79.0 Å². The van der Waals surface area contributed by atoms with Crippen molar-refractivity contribution in [3.05, 3.63) is 0 Å². The number of nitrogens with zero attached hydrogens (tertiary/aromatic N) is 4. The third-order valence-corrected chi connectivity index (χ3v) is 4.96. The van der Waals surface area contributed by atoms with Gasteiger partial charge < -0.3 is 20.0 Å². The molecule has 0 aliphatic carbocycles. The molecule has 174 valence electrons. The van der Waals surface area contributed by atoms with Crippen LogP contribution in [0.4, 0.5) is 0 Å². The van der Waals surface area contributed by atoms with Gasteiger partial charge in [0.25, 0.3) is 0 Å². The van der Waals surface area contributed by atoms with Crippen molar-refractivity contribution in [3.63, 3.8) is 0 Å². The van der Waals surface area contributed by atoms with Crippen molar-refractivity contribution in [1.29, 1.82) is 0 Å². The Hall–Kier alpha value is -1.84. The van der Waals surface area contributed by atoms with Crippen molar-refractivity contribution in [1.82, 2.24) is 19.6 Å². The first-order valence-corrected chi connectivity index (χ1v) is 10.3. The molecule has 1 aliphatic rings. The van der Waals surface area contributed by atoms with Crippen LogP contribution in [0.1, 0.15) is 27.2 Å². The van der Waals surface area contributed by atoms with Crippen LogP contribution >= 0.6 is 0 Å². The fraction of sp³-hybridized carbons (Fsp3) is 0.850. The summed E-state index contributed by atoms with van der Waals surface area (Å²) in [6.07, 6.45) is 1.30. The second-order valence-corrected chi connectivity index (χ2v) is 8.88. The number of aliphatic carboxylic acids is 2. The van der Waals surface area contributed by atoms with Gasteiger partial charge in [0.15, 0.2) is 0 Å². The van der Waals surface area contributed by atoms with Gasteiger partial charge in [0.1, 0.15) is 0 Å². The standard InChI is InChI=1S/C19H38N4O4.CO2/c1-19(2,3)5-6-21-11-13-22(15-17(24)25)9-7-20(4)8-10-23(14-12-21)16-18(26)27;2-1-3/h5-16H2,1-4H3,(H,24,25)(H,26,27);. The maximum absolute atomic E-state index is 11.2. The van der Waals surface area contributed by atoms with Gasteiger partial charge in [-0.25, -0.2) is 0 Å². The average molecular weight is 431 g/mol. The summed E-state index contributed by atoms with van der Waals surface area (Å²) in [6, 6.07) is 0. The smallest absolute Gasteiger partial charge is 0.373 e. The quantitative estimate of drug-likeness (QED) is 0.589. The molecule has 2 N–H and O–H groups in total. The van der Waals surface area contributed by atoms with Crippen LogP contribution in [0.15, 0.2) is 0 Å². The summed E-state index contributed by atoms with van der Waals surface area (Å²) in [5.41, 5.74) is 0.230. The van der Waals surface area contributed by atoms with Crippen molar-refractivity contribution >= 4 is 18.1 Å². The molecule has 0 aromatic carbocycles. The maximum Gasteiger partial charge on any atom is 0.373 e. The van der Waals surface area contributed by atoms with E-state index in [1.54, 1.807) is 0 Å². The molecule has 0 aromatic rings. The van der Waals surface area contributed by atoms with Gasteiger partial charge in [0.05, 0.1) is 13.1 Å². The van der Waals surface area contributed by atoms with Crippen LogP contribution in [0.5, 0.6) is 0 Å². The minimum atomic E-state index is -0.793. The molecule has 0 saturated carbocycles. The van der Waals surface area contributed by atoms with Gasteiger partial charge >= 0.3 is 18.1 Å². The first-order chi connectivity index (χ1) is 14.0. The van der Waals surface area contributed by atoms with Gasteiger partial charge in [-0.2, -0.15) is 9.59 Å². The Kier molecular flexibility index (Phi) is 14.1. The minimum Gasteiger partial charge on any atom is -0.480 e. The normalized spacial score (nSPS) is 18.9. The summed E-state index contributed by atoms with van der Waals surface area (Å²) in [4.78, 5) is 47.1. The fourth-order valence-electron chi connectivity index (χ4n) is 3.05. The first-order valence-electron chi connectivity index (χ1n) is 10.3. The summed E-state index contributed by atoms with van der Waals surface area (Å²) in [5, 5.41) is 18.4. The lowest BCUT2D eigenvalue weighted by molar-refractivity contribution is -0.191. The Morgan fingerprint density at radius 3 is 1.43 bits per heavy atom. The predicted molar refractivity (Wildman–Crippen MR) is 111 cm³/mol. The van der Waals surface area contributed by atoms with Gasteiger partial charge in [-0.05, 0) is 25.4 Å². The molecule has 0 spiro atoms. The average Bonchev–Trinajstić information content (AvgIpc) is 2.60. The molecule has 1 aliphatic heterocycles. The molecule has 1 heterocycles. The van der Waals surface area contributed by atoms with Gasteiger partial charge in [-0.3, -0.25) is 19.4 Å². The van der Waals surface area contributed by atoms with Crippen LogP contribution in [-0.4, -0.2) is 127 Å². The predicted octanol–water partition coefficient (Wildman–Crippen LogP) is -0.140. The molecule has 10 heteroatoms. The molecule has 1 rings (SSSR count). The van der Waals surface area contributed by atoms with E-state index in [9.17, 15) is 19.8 Å². The van der Waals surface area contributed by atoms with Crippen molar-refractivity contribution < 1.29 is 29.4 Å². The number of carboxylic acid groups (broad SMARTS) is 2. The molecule has 0 aromatic heterocycles. The maximum atomic E-state index is 11.2. The van der Waals surface area contributed by atoms with Gasteiger partial charge in [-0.1, -0.05) is 20.8 Å². The van der Waals surface area contributed by atoms with E-state index in [2.05, 4.69) is 30.6 Å². The first kappa shape index (κ1) is 28.2. The van der Waals surface area contributed by atoms with E-state index in [1.807, 2.05) is 16.8 Å². The van der Waals surface area contributed by atoms with Crippen molar-refractivity contribution in [3.8, 4) is 0 Å². The molecule has 0 bridgehead atoms. The number of rotatable bonds is 6. The van der Waals surface area contributed by atoms with Gasteiger partial charge in [-0.15, -0.1) is 0 Å². The molecule has 0 amide bonds. The summed E-state index contributed by atoms with van der Waals surface area (Å²) in [6.45, 7) is 13.7. The molecule has 0 atom stereocenters. The Morgan fingerprint density at radius 1 is 0.767 bits per heavy atom. The fourth-order valence-corrected chi connectivity index (χ4v) is 3.05. The van der Waals surface area contributed by atoms with Crippen LogP contribution in [0.25, 0.3) is 0 Å².